The van der Waals surface area contributed by atoms with Crippen LogP contribution < -0.4 is 5.32 Å². The summed E-state index contributed by atoms with van der Waals surface area (Å²) in [6.07, 6.45) is 7.52. The number of hydrogen-bond acceptors (Lipinski definition) is 6. The first-order valence-electron chi connectivity index (χ1n) is 14.4. The molecule has 0 saturated carbocycles. The van der Waals surface area contributed by atoms with Crippen molar-refractivity contribution in [1.82, 2.24) is 29.7 Å². The minimum absolute atomic E-state index is 0.121. The van der Waals surface area contributed by atoms with Crippen LogP contribution in [0.3, 0.4) is 0 Å². The molecule has 1 aliphatic heterocycles. The number of fused-ring (bicyclic) bond motifs is 2. The monoisotopic (exact) mass is 656 g/mol. The molecule has 3 heterocycles. The van der Waals surface area contributed by atoms with Gasteiger partial charge in [-0.25, -0.2) is 9.78 Å². The number of hydrogen-bond donors (Lipinski definition) is 1. The molecular weight excluding hydrogens is 620 g/mol. The van der Waals surface area contributed by atoms with Gasteiger partial charge >= 0.3 is 6.09 Å². The molecule has 0 bridgehead atoms. The van der Waals surface area contributed by atoms with Crippen LogP contribution >= 0.6 is 27.5 Å². The van der Waals surface area contributed by atoms with Crippen LogP contribution in [0.15, 0.2) is 47.3 Å². The zero-order valence-electron chi connectivity index (χ0n) is 24.6. The Morgan fingerprint density at radius 1 is 1.14 bits per heavy atom. The van der Waals surface area contributed by atoms with E-state index in [4.69, 9.17) is 21.3 Å². The number of rotatable bonds is 6. The molecule has 1 aromatic carbocycles. The first kappa shape index (κ1) is 30.5. The summed E-state index contributed by atoms with van der Waals surface area (Å²) in [5.41, 5.74) is 3.66. The van der Waals surface area contributed by atoms with Crippen LogP contribution in [0.5, 0.6) is 0 Å². The third-order valence-electron chi connectivity index (χ3n) is 7.80. The summed E-state index contributed by atoms with van der Waals surface area (Å²) in [5, 5.41) is 3.84. The van der Waals surface area contributed by atoms with Gasteiger partial charge in [-0.3, -0.25) is 14.7 Å². The highest BCUT2D eigenvalue weighted by atomic mass is 79.9. The van der Waals surface area contributed by atoms with Crippen molar-refractivity contribution >= 4 is 39.5 Å². The first-order chi connectivity index (χ1) is 20.0. The minimum Gasteiger partial charge on any atom is -0.444 e. The van der Waals surface area contributed by atoms with Gasteiger partial charge in [0.15, 0.2) is 0 Å². The maximum atomic E-state index is 14.0. The summed E-state index contributed by atoms with van der Waals surface area (Å²) in [7, 11) is 0. The molecule has 2 aromatic heterocycles. The second kappa shape index (κ2) is 12.7. The topological polar surface area (TPSA) is 92.6 Å². The van der Waals surface area contributed by atoms with Gasteiger partial charge in [-0.1, -0.05) is 17.7 Å². The Balaban J connectivity index is 1.45. The van der Waals surface area contributed by atoms with Gasteiger partial charge in [0.1, 0.15) is 17.5 Å². The van der Waals surface area contributed by atoms with Gasteiger partial charge in [-0.15, -0.1) is 0 Å². The van der Waals surface area contributed by atoms with Crippen LogP contribution in [0.1, 0.15) is 61.4 Å². The van der Waals surface area contributed by atoms with E-state index < -0.39 is 17.7 Å². The van der Waals surface area contributed by atoms with Crippen molar-refractivity contribution in [3.63, 3.8) is 0 Å². The number of benzene rings is 1. The van der Waals surface area contributed by atoms with Crippen LogP contribution in [-0.2, 0) is 28.9 Å². The quantitative estimate of drug-likeness (QED) is 0.361. The number of piperazine rings is 1. The standard InChI is InChI=1S/C31H38BrClN6O3/c1-20-34-11-13-37(20)12-5-10-35-29(40)26-19-38(30(41)42-31(2,3)4)14-15-39(26)28-25-9-8-24(33)17-21(25)6-7-22-16-23(32)18-36-27(22)28/h8-9,11,13,16-18,26,28H,5-7,10,12,14-15,19H2,1-4H3,(H,35,40)/t26-,28?/m1/s1. The fourth-order valence-corrected chi connectivity index (χ4v) is 6.37. The summed E-state index contributed by atoms with van der Waals surface area (Å²) in [5.74, 6) is 0.821. The van der Waals surface area contributed by atoms with E-state index in [1.54, 1.807) is 11.1 Å². The molecule has 1 saturated heterocycles. The van der Waals surface area contributed by atoms with Crippen molar-refractivity contribution in [1.29, 1.82) is 0 Å². The maximum Gasteiger partial charge on any atom is 0.410 e. The number of halogens is 2. The molecule has 3 aromatic rings. The van der Waals surface area contributed by atoms with Crippen LogP contribution in [0.2, 0.25) is 5.02 Å². The fraction of sp³-hybridized carbons (Fsp3) is 0.484. The second-order valence-electron chi connectivity index (χ2n) is 11.9. The lowest BCUT2D eigenvalue weighted by atomic mass is 9.94. The molecule has 1 unspecified atom stereocenters. The third kappa shape index (κ3) is 6.98. The smallest absolute Gasteiger partial charge is 0.410 e. The maximum absolute atomic E-state index is 14.0. The Kier molecular flexibility index (Phi) is 9.25. The van der Waals surface area contributed by atoms with Gasteiger partial charge in [0.2, 0.25) is 5.91 Å². The molecule has 9 nitrogen and oxygen atoms in total. The number of nitrogens with zero attached hydrogens (tertiary/aromatic N) is 5. The highest BCUT2D eigenvalue weighted by molar-refractivity contribution is 9.10. The van der Waals surface area contributed by atoms with Crippen LogP contribution in [-0.4, -0.2) is 74.2 Å². The number of imidazole rings is 1. The SMILES string of the molecule is Cc1nccn1CCCNC(=O)[C@H]1CN(C(=O)OC(C)(C)C)CCN1C1c2ccc(Cl)cc2CCc2cc(Br)cnc21. The number of aryl methyl sites for hydroxylation is 4. The highest BCUT2D eigenvalue weighted by Crippen LogP contribution is 2.39. The number of nitrogens with one attached hydrogen (secondary N) is 1. The molecule has 0 spiro atoms. The van der Waals surface area contributed by atoms with Gasteiger partial charge in [0.05, 0.1) is 11.7 Å². The van der Waals surface area contributed by atoms with E-state index in [0.717, 1.165) is 58.5 Å². The van der Waals surface area contributed by atoms with Crippen molar-refractivity contribution in [2.45, 2.75) is 71.2 Å². The van der Waals surface area contributed by atoms with E-state index in [2.05, 4.69) is 47.8 Å². The molecule has 1 aliphatic carbocycles. The molecule has 224 valence electrons. The Hall–Kier alpha value is -2.95. The van der Waals surface area contributed by atoms with Gasteiger partial charge < -0.3 is 19.5 Å². The first-order valence-corrected chi connectivity index (χ1v) is 15.6. The predicted octanol–water partition coefficient (Wildman–Crippen LogP) is 5.32. The van der Waals surface area contributed by atoms with E-state index >= 15 is 0 Å². The van der Waals surface area contributed by atoms with Crippen LogP contribution in [0.4, 0.5) is 4.79 Å². The molecule has 1 fully saturated rings. The Bertz CT molecular complexity index is 1400. The predicted molar refractivity (Wildman–Crippen MR) is 166 cm³/mol. The van der Waals surface area contributed by atoms with E-state index in [0.29, 0.717) is 24.7 Å². The largest absolute Gasteiger partial charge is 0.444 e. The lowest BCUT2D eigenvalue weighted by molar-refractivity contribution is -0.129. The van der Waals surface area contributed by atoms with Gasteiger partial charge in [0, 0.05) is 60.8 Å². The average molecular weight is 658 g/mol. The number of aromatic nitrogens is 3. The lowest BCUT2D eigenvalue weighted by Crippen LogP contribution is -2.61. The van der Waals surface area contributed by atoms with Crippen molar-refractivity contribution < 1.29 is 14.3 Å². The normalized spacial score (nSPS) is 19.0. The molecule has 42 heavy (non-hydrogen) atoms. The second-order valence-corrected chi connectivity index (χ2v) is 13.3. The number of carbonyl (C=O) groups excluding carboxylic acids is 2. The molecule has 0 radical (unpaired) electrons. The van der Waals surface area contributed by atoms with Gasteiger partial charge in [-0.05, 0) is 97.8 Å². The van der Waals surface area contributed by atoms with Crippen molar-refractivity contribution in [2.75, 3.05) is 26.2 Å². The van der Waals surface area contributed by atoms with Crippen molar-refractivity contribution in [2.24, 2.45) is 0 Å². The Morgan fingerprint density at radius 2 is 1.93 bits per heavy atom. The van der Waals surface area contributed by atoms with E-state index in [9.17, 15) is 9.59 Å². The molecular formula is C31H38BrClN6O3. The summed E-state index contributed by atoms with van der Waals surface area (Å²) >= 11 is 10.0. The van der Waals surface area contributed by atoms with E-state index in [1.165, 1.54) is 0 Å². The van der Waals surface area contributed by atoms with Gasteiger partial charge in [-0.2, -0.15) is 0 Å². The zero-order chi connectivity index (χ0) is 30.0. The molecule has 2 amide bonds. The lowest BCUT2D eigenvalue weighted by Gasteiger charge is -2.44. The molecule has 2 atom stereocenters. The number of ether oxygens (including phenoxy) is 1. The van der Waals surface area contributed by atoms with Gasteiger partial charge in [0.25, 0.3) is 0 Å². The summed E-state index contributed by atoms with van der Waals surface area (Å²) in [6.45, 7) is 9.90. The Labute approximate surface area is 260 Å². The molecule has 11 heteroatoms. The number of pyridine rings is 1. The fourth-order valence-electron chi connectivity index (χ4n) is 5.80. The van der Waals surface area contributed by atoms with Crippen molar-refractivity contribution in [3.8, 4) is 0 Å². The minimum atomic E-state index is -0.632. The van der Waals surface area contributed by atoms with Crippen molar-refractivity contribution in [3.05, 3.63) is 80.6 Å². The Morgan fingerprint density at radius 3 is 2.67 bits per heavy atom. The number of amides is 2. The molecule has 5 rings (SSSR count). The highest BCUT2D eigenvalue weighted by Gasteiger charge is 2.42. The third-order valence-corrected chi connectivity index (χ3v) is 8.47. The zero-order valence-corrected chi connectivity index (χ0v) is 26.9. The number of carbonyl (C=O) groups is 2. The summed E-state index contributed by atoms with van der Waals surface area (Å²) in [4.78, 5) is 40.1. The average Bonchev–Trinajstić information content (AvgIpc) is 3.27. The molecule has 2 aliphatic rings. The summed E-state index contributed by atoms with van der Waals surface area (Å²) < 4.78 is 8.68. The van der Waals surface area contributed by atoms with E-state index in [-0.39, 0.29) is 18.5 Å². The van der Waals surface area contributed by atoms with Crippen LogP contribution in [0.25, 0.3) is 0 Å². The van der Waals surface area contributed by atoms with E-state index in [1.807, 2.05) is 52.2 Å². The molecule has 1 N–H and O–H groups in total. The van der Waals surface area contributed by atoms with Crippen LogP contribution in [0, 0.1) is 6.92 Å². The summed E-state index contributed by atoms with van der Waals surface area (Å²) in [6, 6.07) is 7.23.